The van der Waals surface area contributed by atoms with E-state index < -0.39 is 10.5 Å². The molecule has 0 bridgehead atoms. The molecule has 0 saturated carbocycles. The van der Waals surface area contributed by atoms with Crippen LogP contribution in [0.3, 0.4) is 0 Å². The van der Waals surface area contributed by atoms with Gasteiger partial charge in [-0.1, -0.05) is 23.2 Å². The van der Waals surface area contributed by atoms with Crippen molar-refractivity contribution in [1.82, 2.24) is 9.55 Å². The van der Waals surface area contributed by atoms with Gasteiger partial charge in [0.1, 0.15) is 18.6 Å². The number of piperidine rings is 1. The van der Waals surface area contributed by atoms with Crippen LogP contribution < -0.4 is 19.7 Å². The average Bonchev–Trinajstić information content (AvgIpc) is 3.34. The van der Waals surface area contributed by atoms with E-state index in [-0.39, 0.29) is 11.8 Å². The number of halogens is 2. The van der Waals surface area contributed by atoms with E-state index in [4.69, 9.17) is 32.7 Å². The number of ether oxygens (including phenoxy) is 2. The first-order chi connectivity index (χ1) is 16.8. The van der Waals surface area contributed by atoms with Crippen molar-refractivity contribution in [3.8, 4) is 11.8 Å². The molecule has 1 unspecified atom stereocenters. The Morgan fingerprint density at radius 1 is 1.20 bits per heavy atom. The Morgan fingerprint density at radius 3 is 2.51 bits per heavy atom. The first-order valence-electron chi connectivity index (χ1n) is 11.4. The highest BCUT2D eigenvalue weighted by molar-refractivity contribution is 6.35. The van der Waals surface area contributed by atoms with Gasteiger partial charge in [-0.15, -0.1) is 0 Å². The summed E-state index contributed by atoms with van der Waals surface area (Å²) in [6.07, 6.45) is 3.40. The molecule has 35 heavy (non-hydrogen) atoms. The Hall–Kier alpha value is -3.17. The monoisotopic (exact) mass is 517 g/mol. The molecule has 184 valence electrons. The molecule has 2 aromatic carbocycles. The molecule has 2 aliphatic heterocycles. The van der Waals surface area contributed by atoms with Gasteiger partial charge in [0, 0.05) is 45.5 Å². The smallest absolute Gasteiger partial charge is 0.415 e. The van der Waals surface area contributed by atoms with Crippen LogP contribution in [0.1, 0.15) is 19.8 Å². The third kappa shape index (κ3) is 5.41. The van der Waals surface area contributed by atoms with E-state index in [1.54, 1.807) is 10.6 Å². The van der Waals surface area contributed by atoms with Crippen molar-refractivity contribution in [1.29, 1.82) is 0 Å². The molecule has 1 atom stereocenters. The minimum atomic E-state index is -0.641. The van der Waals surface area contributed by atoms with Crippen molar-refractivity contribution in [2.45, 2.75) is 38.0 Å². The minimum Gasteiger partial charge on any atom is -0.489 e. The minimum absolute atomic E-state index is 0.216. The first-order valence-corrected chi connectivity index (χ1v) is 12.1. The lowest BCUT2D eigenvalue weighted by molar-refractivity contribution is -0.389. The number of anilines is 2. The maximum absolute atomic E-state index is 10.9. The molecule has 1 saturated heterocycles. The highest BCUT2D eigenvalue weighted by Crippen LogP contribution is 2.32. The van der Waals surface area contributed by atoms with Gasteiger partial charge in [0.05, 0.1) is 6.54 Å². The van der Waals surface area contributed by atoms with Crippen molar-refractivity contribution >= 4 is 40.4 Å². The molecular weight excluding hydrogens is 493 g/mol. The van der Waals surface area contributed by atoms with Gasteiger partial charge < -0.3 is 29.8 Å². The zero-order chi connectivity index (χ0) is 24.6. The molecule has 3 aromatic rings. The van der Waals surface area contributed by atoms with Crippen molar-refractivity contribution in [2.24, 2.45) is 0 Å². The van der Waals surface area contributed by atoms with Gasteiger partial charge in [0.25, 0.3) is 0 Å². The molecule has 0 radical (unpaired) electrons. The number of aromatic nitrogens is 2. The molecule has 1 aromatic heterocycles. The van der Waals surface area contributed by atoms with E-state index in [0.29, 0.717) is 29.2 Å². The highest BCUT2D eigenvalue weighted by atomic mass is 35.5. The van der Waals surface area contributed by atoms with E-state index in [1.165, 1.54) is 6.20 Å². The Balaban J connectivity index is 1.11. The normalized spacial score (nSPS) is 19.8. The third-order valence-corrected chi connectivity index (χ3v) is 6.67. The van der Waals surface area contributed by atoms with E-state index in [2.05, 4.69) is 27.3 Å². The van der Waals surface area contributed by atoms with Gasteiger partial charge in [-0.05, 0) is 67.2 Å². The summed E-state index contributed by atoms with van der Waals surface area (Å²) in [6, 6.07) is 14.2. The second-order valence-corrected chi connectivity index (χ2v) is 10.0. The molecule has 1 N–H and O–H groups in total. The maximum Gasteiger partial charge on any atom is 0.415 e. The van der Waals surface area contributed by atoms with Gasteiger partial charge in [-0.2, -0.15) is 0 Å². The molecule has 5 rings (SSSR count). The van der Waals surface area contributed by atoms with Crippen LogP contribution in [-0.4, -0.2) is 45.8 Å². The van der Waals surface area contributed by atoms with Gasteiger partial charge in [-0.25, -0.2) is 0 Å². The van der Waals surface area contributed by atoms with Crippen molar-refractivity contribution in [2.75, 3.05) is 29.9 Å². The van der Waals surface area contributed by atoms with Crippen LogP contribution in [0.4, 0.5) is 17.2 Å². The summed E-state index contributed by atoms with van der Waals surface area (Å²) in [5.74, 6) is 0.524. The molecule has 3 heterocycles. The lowest BCUT2D eigenvalue weighted by atomic mass is 10.0. The molecule has 0 spiro atoms. The Morgan fingerprint density at radius 2 is 1.89 bits per heavy atom. The molecule has 0 amide bonds. The lowest BCUT2D eigenvalue weighted by Crippen LogP contribution is -2.39. The first kappa shape index (κ1) is 23.6. The van der Waals surface area contributed by atoms with E-state index in [9.17, 15) is 10.1 Å². The largest absolute Gasteiger partial charge is 0.489 e. The summed E-state index contributed by atoms with van der Waals surface area (Å²) >= 11 is 12.2. The van der Waals surface area contributed by atoms with Crippen LogP contribution in [0.5, 0.6) is 11.8 Å². The third-order valence-electron chi connectivity index (χ3n) is 6.23. The standard InChI is InChI=1S/C24H25Cl2N5O4/c1-24(14-30-13-22(31(32)33)28-23(30)35-24)15-34-21-4-2-20(3-5-21)29-8-6-18(7-9-29)27-19-11-16(25)10-17(26)12-19/h2-5,10-13,18,27H,6-9,14-15H2,1H3. The van der Waals surface area contributed by atoms with Crippen LogP contribution in [0.2, 0.25) is 10.0 Å². The summed E-state index contributed by atoms with van der Waals surface area (Å²) in [5.41, 5.74) is 1.46. The summed E-state index contributed by atoms with van der Waals surface area (Å²) in [6.45, 7) is 4.52. The zero-order valence-corrected chi connectivity index (χ0v) is 20.6. The van der Waals surface area contributed by atoms with Crippen LogP contribution in [-0.2, 0) is 6.54 Å². The van der Waals surface area contributed by atoms with Crippen molar-refractivity contribution in [3.63, 3.8) is 0 Å². The van der Waals surface area contributed by atoms with Crippen LogP contribution in [0, 0.1) is 10.1 Å². The summed E-state index contributed by atoms with van der Waals surface area (Å²) < 4.78 is 13.4. The molecule has 9 nitrogen and oxygen atoms in total. The Labute approximate surface area is 212 Å². The quantitative estimate of drug-likeness (QED) is 0.330. The van der Waals surface area contributed by atoms with Gasteiger partial charge >= 0.3 is 11.8 Å². The number of fused-ring (bicyclic) bond motifs is 1. The second kappa shape index (κ2) is 9.47. The van der Waals surface area contributed by atoms with Crippen LogP contribution >= 0.6 is 23.2 Å². The maximum atomic E-state index is 10.9. The van der Waals surface area contributed by atoms with Crippen LogP contribution in [0.25, 0.3) is 0 Å². The molecule has 11 heteroatoms. The number of imidazole rings is 1. The summed E-state index contributed by atoms with van der Waals surface area (Å²) in [7, 11) is 0. The van der Waals surface area contributed by atoms with Gasteiger partial charge in [-0.3, -0.25) is 4.57 Å². The number of nitrogens with one attached hydrogen (secondary N) is 1. The number of benzene rings is 2. The zero-order valence-electron chi connectivity index (χ0n) is 19.1. The Kier molecular flexibility index (Phi) is 6.37. The number of nitro groups is 1. The number of nitrogens with zero attached hydrogens (tertiary/aromatic N) is 4. The Bertz CT molecular complexity index is 1180. The topological polar surface area (TPSA) is 94.7 Å². The summed E-state index contributed by atoms with van der Waals surface area (Å²) in [4.78, 5) is 16.6. The van der Waals surface area contributed by atoms with Gasteiger partial charge in [0.15, 0.2) is 5.60 Å². The van der Waals surface area contributed by atoms with Crippen molar-refractivity contribution in [3.05, 3.63) is 68.8 Å². The molecular formula is C24H25Cl2N5O4. The number of hydrogen-bond donors (Lipinski definition) is 1. The molecule has 0 aliphatic carbocycles. The average molecular weight is 518 g/mol. The fourth-order valence-electron chi connectivity index (χ4n) is 4.50. The predicted octanol–water partition coefficient (Wildman–Crippen LogP) is 5.41. The SMILES string of the molecule is CC1(COc2ccc(N3CCC(Nc4cc(Cl)cc(Cl)c4)CC3)cc2)Cn2cc([N+](=O)[O-])nc2O1. The fourth-order valence-corrected chi connectivity index (χ4v) is 5.03. The number of rotatable bonds is 7. The van der Waals surface area contributed by atoms with E-state index >= 15 is 0 Å². The fraction of sp³-hybridized carbons (Fsp3) is 0.375. The predicted molar refractivity (Wildman–Crippen MR) is 135 cm³/mol. The van der Waals surface area contributed by atoms with E-state index in [1.807, 2.05) is 31.2 Å². The second-order valence-electron chi connectivity index (χ2n) is 9.17. The molecule has 2 aliphatic rings. The summed E-state index contributed by atoms with van der Waals surface area (Å²) in [5, 5.41) is 15.7. The van der Waals surface area contributed by atoms with Crippen molar-refractivity contribution < 1.29 is 14.4 Å². The van der Waals surface area contributed by atoms with Gasteiger partial charge in [0.2, 0.25) is 0 Å². The molecule has 1 fully saturated rings. The lowest BCUT2D eigenvalue weighted by Gasteiger charge is -2.34. The number of hydrogen-bond acceptors (Lipinski definition) is 7. The van der Waals surface area contributed by atoms with E-state index in [0.717, 1.165) is 43.1 Å². The van der Waals surface area contributed by atoms with Crippen LogP contribution in [0.15, 0.2) is 48.7 Å². The highest BCUT2D eigenvalue weighted by Gasteiger charge is 2.41.